The number of ether oxygens (including phenoxy) is 1. The Labute approximate surface area is 106 Å². The van der Waals surface area contributed by atoms with Gasteiger partial charge in [-0.25, -0.2) is 0 Å². The summed E-state index contributed by atoms with van der Waals surface area (Å²) in [6.45, 7) is 11.0. The van der Waals surface area contributed by atoms with E-state index >= 15 is 0 Å². The number of carbonyl (C=O) groups is 1. The second-order valence-corrected chi connectivity index (χ2v) is 5.32. The summed E-state index contributed by atoms with van der Waals surface area (Å²) in [5, 5.41) is 3.43. The average molecular weight is 243 g/mol. The highest BCUT2D eigenvalue weighted by Crippen LogP contribution is 2.00. The first-order valence-corrected chi connectivity index (χ1v) is 6.91. The Hall–Kier alpha value is -0.570. The minimum absolute atomic E-state index is 0.00676. The van der Waals surface area contributed by atoms with Gasteiger partial charge in [0, 0.05) is 0 Å². The van der Waals surface area contributed by atoms with Crippen LogP contribution < -0.4 is 5.32 Å². The smallest absolute Gasteiger partial charge is 0.308 e. The molecule has 0 aliphatic carbocycles. The van der Waals surface area contributed by atoms with Crippen molar-refractivity contribution in [2.75, 3.05) is 19.7 Å². The van der Waals surface area contributed by atoms with Gasteiger partial charge in [-0.2, -0.15) is 0 Å². The molecular weight excluding hydrogens is 214 g/mol. The summed E-state index contributed by atoms with van der Waals surface area (Å²) in [6.07, 6.45) is 4.51. The number of carbonyl (C=O) groups excluding carboxylic acids is 1. The van der Waals surface area contributed by atoms with Gasteiger partial charge < -0.3 is 10.1 Å². The summed E-state index contributed by atoms with van der Waals surface area (Å²) in [6, 6.07) is 0. The molecule has 0 heterocycles. The number of hydrogen-bond acceptors (Lipinski definition) is 3. The van der Waals surface area contributed by atoms with Gasteiger partial charge in [-0.1, -0.05) is 27.7 Å². The van der Waals surface area contributed by atoms with E-state index in [9.17, 15) is 4.79 Å². The molecule has 0 radical (unpaired) electrons. The van der Waals surface area contributed by atoms with E-state index in [0.717, 1.165) is 38.3 Å². The zero-order valence-corrected chi connectivity index (χ0v) is 11.9. The van der Waals surface area contributed by atoms with E-state index in [1.165, 1.54) is 6.42 Å². The van der Waals surface area contributed by atoms with Crippen LogP contribution in [0, 0.1) is 11.8 Å². The molecule has 0 aliphatic rings. The van der Waals surface area contributed by atoms with E-state index in [1.807, 2.05) is 13.8 Å². The molecule has 0 saturated carbocycles. The standard InChI is InChI=1S/C14H29NO2/c1-12(2)8-10-15-9-6-5-7-11-17-14(16)13(3)4/h12-13,15H,5-11H2,1-4H3. The molecule has 102 valence electrons. The normalized spacial score (nSPS) is 11.2. The lowest BCUT2D eigenvalue weighted by atomic mass is 10.1. The highest BCUT2D eigenvalue weighted by Gasteiger charge is 2.06. The summed E-state index contributed by atoms with van der Waals surface area (Å²) in [5.41, 5.74) is 0. The number of rotatable bonds is 10. The van der Waals surface area contributed by atoms with Crippen LogP contribution >= 0.6 is 0 Å². The molecule has 17 heavy (non-hydrogen) atoms. The van der Waals surface area contributed by atoms with Gasteiger partial charge in [0.15, 0.2) is 0 Å². The third-order valence-corrected chi connectivity index (χ3v) is 2.61. The maximum Gasteiger partial charge on any atom is 0.308 e. The van der Waals surface area contributed by atoms with Crippen LogP contribution in [0.25, 0.3) is 0 Å². The second kappa shape index (κ2) is 10.6. The maximum atomic E-state index is 11.1. The van der Waals surface area contributed by atoms with Crippen LogP contribution in [0.4, 0.5) is 0 Å². The Kier molecular flexibility index (Phi) is 10.2. The van der Waals surface area contributed by atoms with Crippen molar-refractivity contribution in [3.63, 3.8) is 0 Å². The maximum absolute atomic E-state index is 11.1. The van der Waals surface area contributed by atoms with Crippen LogP contribution in [0.2, 0.25) is 0 Å². The molecule has 0 rings (SSSR count). The zero-order chi connectivity index (χ0) is 13.1. The highest BCUT2D eigenvalue weighted by molar-refractivity contribution is 5.71. The molecule has 0 unspecified atom stereocenters. The second-order valence-electron chi connectivity index (χ2n) is 5.32. The number of esters is 1. The Morgan fingerprint density at radius 2 is 1.76 bits per heavy atom. The lowest BCUT2D eigenvalue weighted by molar-refractivity contribution is -0.147. The summed E-state index contributed by atoms with van der Waals surface area (Å²) in [4.78, 5) is 11.1. The van der Waals surface area contributed by atoms with E-state index in [4.69, 9.17) is 4.74 Å². The first-order chi connectivity index (χ1) is 8.04. The van der Waals surface area contributed by atoms with Crippen LogP contribution in [0.15, 0.2) is 0 Å². The van der Waals surface area contributed by atoms with E-state index in [1.54, 1.807) is 0 Å². The highest BCUT2D eigenvalue weighted by atomic mass is 16.5. The fourth-order valence-corrected chi connectivity index (χ4v) is 1.38. The molecule has 0 amide bonds. The summed E-state index contributed by atoms with van der Waals surface area (Å²) >= 11 is 0. The van der Waals surface area contributed by atoms with Crippen molar-refractivity contribution in [1.82, 2.24) is 5.32 Å². The lowest BCUT2D eigenvalue weighted by Crippen LogP contribution is -2.18. The molecule has 3 nitrogen and oxygen atoms in total. The monoisotopic (exact) mass is 243 g/mol. The minimum Gasteiger partial charge on any atom is -0.465 e. The molecule has 0 aromatic carbocycles. The first-order valence-electron chi connectivity index (χ1n) is 6.91. The van der Waals surface area contributed by atoms with Crippen LogP contribution in [0.5, 0.6) is 0 Å². The van der Waals surface area contributed by atoms with Gasteiger partial charge in [-0.15, -0.1) is 0 Å². The average Bonchev–Trinajstić information content (AvgIpc) is 2.25. The Morgan fingerprint density at radius 3 is 2.35 bits per heavy atom. The molecule has 1 N–H and O–H groups in total. The number of nitrogens with one attached hydrogen (secondary N) is 1. The topological polar surface area (TPSA) is 38.3 Å². The van der Waals surface area contributed by atoms with Crippen molar-refractivity contribution < 1.29 is 9.53 Å². The quantitative estimate of drug-likeness (QED) is 0.473. The molecule has 0 aliphatic heterocycles. The van der Waals surface area contributed by atoms with Crippen LogP contribution in [-0.2, 0) is 9.53 Å². The largest absolute Gasteiger partial charge is 0.465 e. The van der Waals surface area contributed by atoms with Gasteiger partial charge in [0.05, 0.1) is 12.5 Å². The van der Waals surface area contributed by atoms with Gasteiger partial charge in [0.1, 0.15) is 0 Å². The van der Waals surface area contributed by atoms with Gasteiger partial charge in [-0.05, 0) is 44.7 Å². The SMILES string of the molecule is CC(C)CCNCCCCCOC(=O)C(C)C. The van der Waals surface area contributed by atoms with Crippen molar-refractivity contribution in [2.24, 2.45) is 11.8 Å². The third-order valence-electron chi connectivity index (χ3n) is 2.61. The number of unbranched alkanes of at least 4 members (excludes halogenated alkanes) is 2. The fraction of sp³-hybridized carbons (Fsp3) is 0.929. The van der Waals surface area contributed by atoms with Crippen LogP contribution in [0.3, 0.4) is 0 Å². The molecule has 0 aromatic heterocycles. The van der Waals surface area contributed by atoms with Crippen LogP contribution in [0.1, 0.15) is 53.4 Å². The molecule has 0 spiro atoms. The van der Waals surface area contributed by atoms with Crippen LogP contribution in [-0.4, -0.2) is 25.7 Å². The van der Waals surface area contributed by atoms with Crippen molar-refractivity contribution in [2.45, 2.75) is 53.4 Å². The van der Waals surface area contributed by atoms with Gasteiger partial charge >= 0.3 is 5.97 Å². The van der Waals surface area contributed by atoms with E-state index in [0.29, 0.717) is 6.61 Å². The molecule has 0 aromatic rings. The molecule has 0 bridgehead atoms. The molecule has 0 fully saturated rings. The predicted molar refractivity (Wildman–Crippen MR) is 72.0 cm³/mol. The van der Waals surface area contributed by atoms with Gasteiger partial charge in [-0.3, -0.25) is 4.79 Å². The first kappa shape index (κ1) is 16.4. The van der Waals surface area contributed by atoms with E-state index in [-0.39, 0.29) is 11.9 Å². The Bertz CT molecular complexity index is 191. The van der Waals surface area contributed by atoms with Gasteiger partial charge in [0.25, 0.3) is 0 Å². The molecular formula is C14H29NO2. The Balaban J connectivity index is 3.11. The summed E-state index contributed by atoms with van der Waals surface area (Å²) in [7, 11) is 0. The zero-order valence-electron chi connectivity index (χ0n) is 11.9. The third kappa shape index (κ3) is 11.7. The Morgan fingerprint density at radius 1 is 1.06 bits per heavy atom. The van der Waals surface area contributed by atoms with Crippen molar-refractivity contribution in [3.05, 3.63) is 0 Å². The molecule has 0 saturated heterocycles. The number of hydrogen-bond donors (Lipinski definition) is 1. The molecule has 3 heteroatoms. The summed E-state index contributed by atoms with van der Waals surface area (Å²) < 4.78 is 5.10. The van der Waals surface area contributed by atoms with E-state index < -0.39 is 0 Å². The van der Waals surface area contributed by atoms with Crippen molar-refractivity contribution in [1.29, 1.82) is 0 Å². The minimum atomic E-state index is -0.0833. The van der Waals surface area contributed by atoms with Gasteiger partial charge in [0.2, 0.25) is 0 Å². The predicted octanol–water partition coefficient (Wildman–Crippen LogP) is 2.99. The molecule has 0 atom stereocenters. The fourth-order valence-electron chi connectivity index (χ4n) is 1.38. The summed E-state index contributed by atoms with van der Waals surface area (Å²) in [5.74, 6) is 0.686. The van der Waals surface area contributed by atoms with Crippen molar-refractivity contribution >= 4 is 5.97 Å². The van der Waals surface area contributed by atoms with E-state index in [2.05, 4.69) is 19.2 Å². The van der Waals surface area contributed by atoms with Crippen molar-refractivity contribution in [3.8, 4) is 0 Å². The lowest BCUT2D eigenvalue weighted by Gasteiger charge is -2.08.